The number of esters is 1. The topological polar surface area (TPSA) is 26.3 Å². The van der Waals surface area contributed by atoms with Crippen molar-refractivity contribution in [2.24, 2.45) is 34.5 Å². The molecule has 4 aliphatic rings. The molecule has 31 heavy (non-hydrogen) atoms. The molecule has 3 saturated carbocycles. The van der Waals surface area contributed by atoms with E-state index in [0.29, 0.717) is 11.3 Å². The molecule has 1 aromatic rings. The van der Waals surface area contributed by atoms with Crippen LogP contribution in [0.15, 0.2) is 42.0 Å². The van der Waals surface area contributed by atoms with Gasteiger partial charge in [-0.2, -0.15) is 0 Å². The maximum Gasteiger partial charge on any atom is 0.302 e. The second-order valence-electron chi connectivity index (χ2n) is 11.1. The van der Waals surface area contributed by atoms with Gasteiger partial charge in [-0.3, -0.25) is 4.79 Å². The van der Waals surface area contributed by atoms with Crippen LogP contribution in [0.2, 0.25) is 0 Å². The third kappa shape index (κ3) is 3.55. The van der Waals surface area contributed by atoms with E-state index in [1.165, 1.54) is 44.1 Å². The van der Waals surface area contributed by atoms with Crippen LogP contribution in [-0.4, -0.2) is 12.1 Å². The highest BCUT2D eigenvalue weighted by atomic mass is 16.5. The summed E-state index contributed by atoms with van der Waals surface area (Å²) >= 11 is 0. The number of hydrogen-bond acceptors (Lipinski definition) is 2. The third-order valence-electron chi connectivity index (χ3n) is 9.65. The standard InChI is InChI=1S/C29H36O2/c1-20(30)31-24-15-17-29(3)23(19-24)11-13-25-26-14-12-22(28(26,2)18-16-27(25)29)10-9-21-7-5-4-6-8-21/h4-8,12,23-27H,11,13-19H2,1-3H3/t23-,24+,25-,26-,27+,28-,29+/m1/s1. The minimum absolute atomic E-state index is 0.114. The van der Waals surface area contributed by atoms with Crippen LogP contribution < -0.4 is 0 Å². The number of benzene rings is 1. The Labute approximate surface area is 187 Å². The summed E-state index contributed by atoms with van der Waals surface area (Å²) in [4.78, 5) is 11.5. The lowest BCUT2D eigenvalue weighted by Gasteiger charge is -2.60. The quantitative estimate of drug-likeness (QED) is 0.383. The molecule has 0 spiro atoms. The van der Waals surface area contributed by atoms with E-state index in [-0.39, 0.29) is 17.5 Å². The van der Waals surface area contributed by atoms with Gasteiger partial charge in [0.1, 0.15) is 6.10 Å². The summed E-state index contributed by atoms with van der Waals surface area (Å²) in [6.07, 6.45) is 12.4. The number of ether oxygens (including phenoxy) is 1. The van der Waals surface area contributed by atoms with Crippen molar-refractivity contribution in [1.29, 1.82) is 0 Å². The van der Waals surface area contributed by atoms with Crippen molar-refractivity contribution in [1.82, 2.24) is 0 Å². The lowest BCUT2D eigenvalue weighted by Crippen LogP contribution is -2.53. The summed E-state index contributed by atoms with van der Waals surface area (Å²) in [7, 11) is 0. The highest BCUT2D eigenvalue weighted by Crippen LogP contribution is 2.66. The van der Waals surface area contributed by atoms with Crippen molar-refractivity contribution in [3.63, 3.8) is 0 Å². The van der Waals surface area contributed by atoms with Crippen molar-refractivity contribution < 1.29 is 9.53 Å². The van der Waals surface area contributed by atoms with Gasteiger partial charge < -0.3 is 4.74 Å². The molecule has 0 bridgehead atoms. The second kappa shape index (κ2) is 7.84. The Bertz CT molecular complexity index is 934. The van der Waals surface area contributed by atoms with E-state index in [1.807, 2.05) is 0 Å². The monoisotopic (exact) mass is 416 g/mol. The first-order valence-electron chi connectivity index (χ1n) is 12.3. The van der Waals surface area contributed by atoms with Crippen LogP contribution in [0.25, 0.3) is 0 Å². The Morgan fingerprint density at radius 1 is 1.00 bits per heavy atom. The number of hydrogen-bond donors (Lipinski definition) is 0. The summed E-state index contributed by atoms with van der Waals surface area (Å²) in [6, 6.07) is 10.4. The van der Waals surface area contributed by atoms with Crippen LogP contribution in [0, 0.1) is 46.3 Å². The van der Waals surface area contributed by atoms with Crippen LogP contribution in [0.3, 0.4) is 0 Å². The van der Waals surface area contributed by atoms with E-state index < -0.39 is 0 Å². The van der Waals surface area contributed by atoms with E-state index in [4.69, 9.17) is 4.74 Å². The molecule has 5 rings (SSSR count). The number of fused-ring (bicyclic) bond motifs is 5. The van der Waals surface area contributed by atoms with Crippen LogP contribution in [-0.2, 0) is 9.53 Å². The second-order valence-corrected chi connectivity index (χ2v) is 11.1. The Morgan fingerprint density at radius 3 is 2.58 bits per heavy atom. The summed E-state index contributed by atoms with van der Waals surface area (Å²) in [5.74, 6) is 9.99. The third-order valence-corrected chi connectivity index (χ3v) is 9.65. The normalized spacial score (nSPS) is 41.0. The van der Waals surface area contributed by atoms with Crippen molar-refractivity contribution in [2.75, 3.05) is 0 Å². The van der Waals surface area contributed by atoms with E-state index in [0.717, 1.165) is 36.2 Å². The van der Waals surface area contributed by atoms with Gasteiger partial charge in [-0.25, -0.2) is 0 Å². The fourth-order valence-corrected chi connectivity index (χ4v) is 7.98. The van der Waals surface area contributed by atoms with Crippen molar-refractivity contribution in [2.45, 2.75) is 78.2 Å². The zero-order chi connectivity index (χ0) is 21.6. The van der Waals surface area contributed by atoms with E-state index in [2.05, 4.69) is 62.1 Å². The molecular formula is C29H36O2. The molecule has 3 fully saturated rings. The minimum atomic E-state index is -0.114. The van der Waals surface area contributed by atoms with Crippen molar-refractivity contribution >= 4 is 5.97 Å². The molecule has 0 saturated heterocycles. The Kier molecular flexibility index (Phi) is 5.28. The molecule has 7 atom stereocenters. The molecule has 1 aromatic carbocycles. The number of carbonyl (C=O) groups excluding carboxylic acids is 1. The molecule has 164 valence electrons. The van der Waals surface area contributed by atoms with Crippen molar-refractivity contribution in [3.05, 3.63) is 47.5 Å². The van der Waals surface area contributed by atoms with Gasteiger partial charge in [0.2, 0.25) is 0 Å². The smallest absolute Gasteiger partial charge is 0.302 e. The van der Waals surface area contributed by atoms with Crippen LogP contribution in [0.1, 0.15) is 77.7 Å². The van der Waals surface area contributed by atoms with Gasteiger partial charge in [-0.1, -0.05) is 50.0 Å². The zero-order valence-electron chi connectivity index (χ0n) is 19.3. The van der Waals surface area contributed by atoms with Gasteiger partial charge in [0.05, 0.1) is 0 Å². The predicted octanol–water partition coefficient (Wildman–Crippen LogP) is 6.55. The van der Waals surface area contributed by atoms with E-state index in [9.17, 15) is 4.79 Å². The molecule has 2 nitrogen and oxygen atoms in total. The summed E-state index contributed by atoms with van der Waals surface area (Å²) in [5.41, 5.74) is 3.17. The average Bonchev–Trinajstić information content (AvgIpc) is 3.09. The van der Waals surface area contributed by atoms with Gasteiger partial charge in [-0.15, -0.1) is 0 Å². The predicted molar refractivity (Wildman–Crippen MR) is 124 cm³/mol. The highest BCUT2D eigenvalue weighted by Gasteiger charge is 2.58. The van der Waals surface area contributed by atoms with Gasteiger partial charge in [0.25, 0.3) is 0 Å². The average molecular weight is 417 g/mol. The number of carbonyl (C=O) groups is 1. The molecular weight excluding hydrogens is 380 g/mol. The van der Waals surface area contributed by atoms with Gasteiger partial charge in [0.15, 0.2) is 0 Å². The SMILES string of the molecule is CC(=O)O[C@H]1CC[C@@]2(C)[C@H](CC[C@@H]3[C@H]4CC=C(C#Cc5ccccc5)[C@@]4(C)CC[C@@H]32)C1. The van der Waals surface area contributed by atoms with E-state index >= 15 is 0 Å². The van der Waals surface area contributed by atoms with Gasteiger partial charge in [-0.05, 0) is 92.6 Å². The summed E-state index contributed by atoms with van der Waals surface area (Å²) in [5, 5.41) is 0. The zero-order valence-corrected chi connectivity index (χ0v) is 19.3. The summed E-state index contributed by atoms with van der Waals surface area (Å²) in [6.45, 7) is 6.62. The Balaban J connectivity index is 1.33. The first-order valence-corrected chi connectivity index (χ1v) is 12.3. The fourth-order valence-electron chi connectivity index (χ4n) is 7.98. The largest absolute Gasteiger partial charge is 0.463 e. The highest BCUT2D eigenvalue weighted by molar-refractivity contribution is 5.66. The maximum atomic E-state index is 11.5. The molecule has 2 heteroatoms. The van der Waals surface area contributed by atoms with Gasteiger partial charge in [0, 0.05) is 23.5 Å². The lowest BCUT2D eigenvalue weighted by atomic mass is 9.44. The van der Waals surface area contributed by atoms with Crippen LogP contribution >= 0.6 is 0 Å². The Morgan fingerprint density at radius 2 is 1.81 bits per heavy atom. The minimum Gasteiger partial charge on any atom is -0.463 e. The molecule has 0 amide bonds. The van der Waals surface area contributed by atoms with Crippen molar-refractivity contribution in [3.8, 4) is 11.8 Å². The Hall–Kier alpha value is -2.01. The maximum absolute atomic E-state index is 11.5. The number of rotatable bonds is 1. The molecule has 0 heterocycles. The molecule has 0 unspecified atom stereocenters. The van der Waals surface area contributed by atoms with Crippen LogP contribution in [0.4, 0.5) is 0 Å². The first-order chi connectivity index (χ1) is 14.9. The molecule has 4 aliphatic carbocycles. The molecule has 0 aromatic heterocycles. The first kappa shape index (κ1) is 20.9. The lowest BCUT2D eigenvalue weighted by molar-refractivity contribution is -0.158. The molecule has 0 N–H and O–H groups in total. The molecule has 0 aliphatic heterocycles. The van der Waals surface area contributed by atoms with Gasteiger partial charge >= 0.3 is 5.97 Å². The fraction of sp³-hybridized carbons (Fsp3) is 0.621. The number of allylic oxidation sites excluding steroid dienone is 2. The van der Waals surface area contributed by atoms with Crippen LogP contribution in [0.5, 0.6) is 0 Å². The molecule has 0 radical (unpaired) electrons. The van der Waals surface area contributed by atoms with E-state index in [1.54, 1.807) is 6.92 Å². The summed E-state index contributed by atoms with van der Waals surface area (Å²) < 4.78 is 5.62.